The Hall–Kier alpha value is -0.650. The molecule has 1 atom stereocenters. The van der Waals surface area contributed by atoms with Gasteiger partial charge in [-0.3, -0.25) is 4.79 Å². The summed E-state index contributed by atoms with van der Waals surface area (Å²) in [6.45, 7) is 2.82. The quantitative estimate of drug-likeness (QED) is 0.428. The van der Waals surface area contributed by atoms with E-state index in [0.717, 1.165) is 0 Å². The largest absolute Gasteiger partial charge is 0.394 e. The minimum atomic E-state index is -0.942. The third-order valence-electron chi connectivity index (χ3n) is 2.03. The number of aliphatic hydroxyl groups excluding tert-OH is 2. The van der Waals surface area contributed by atoms with Crippen LogP contribution in [0.25, 0.3) is 0 Å². The summed E-state index contributed by atoms with van der Waals surface area (Å²) in [5.74, 6) is -0.358. The van der Waals surface area contributed by atoms with Crippen molar-refractivity contribution < 1.29 is 15.0 Å². The summed E-state index contributed by atoms with van der Waals surface area (Å²) < 4.78 is 0. The van der Waals surface area contributed by atoms with Gasteiger partial charge in [0.25, 0.3) is 0 Å². The summed E-state index contributed by atoms with van der Waals surface area (Å²) in [5, 5.41) is 19.8. The zero-order valence-electron chi connectivity index (χ0n) is 8.08. The Bertz CT molecular complexity index is 167. The first-order valence-electron chi connectivity index (χ1n) is 4.29. The number of hydrogen-bond acceptors (Lipinski definition) is 4. The van der Waals surface area contributed by atoms with Crippen molar-refractivity contribution in [2.45, 2.75) is 31.8 Å². The Morgan fingerprint density at radius 2 is 2.00 bits per heavy atom. The second-order valence-electron chi connectivity index (χ2n) is 3.31. The first-order valence-corrected chi connectivity index (χ1v) is 4.29. The number of rotatable bonds is 5. The van der Waals surface area contributed by atoms with Gasteiger partial charge in [0.05, 0.1) is 24.8 Å². The Morgan fingerprint density at radius 1 is 1.54 bits per heavy atom. The van der Waals surface area contributed by atoms with Crippen LogP contribution in [0.5, 0.6) is 0 Å². The molecule has 5 nitrogen and oxygen atoms in total. The molecule has 0 aliphatic carbocycles. The monoisotopic (exact) mass is 190 g/mol. The van der Waals surface area contributed by atoms with E-state index in [1.165, 1.54) is 0 Å². The zero-order valence-corrected chi connectivity index (χ0v) is 8.08. The predicted octanol–water partition coefficient (Wildman–Crippen LogP) is -1.42. The molecule has 5 N–H and O–H groups in total. The summed E-state index contributed by atoms with van der Waals surface area (Å²) in [7, 11) is 0. The van der Waals surface area contributed by atoms with E-state index in [0.29, 0.717) is 6.42 Å². The number of aliphatic hydroxyl groups is 2. The van der Waals surface area contributed by atoms with Gasteiger partial charge < -0.3 is 21.3 Å². The van der Waals surface area contributed by atoms with Crippen molar-refractivity contribution in [2.24, 2.45) is 5.73 Å². The fraction of sp³-hybridized carbons (Fsp3) is 0.875. The van der Waals surface area contributed by atoms with Crippen molar-refractivity contribution in [1.29, 1.82) is 0 Å². The molecule has 0 rings (SSSR count). The average Bonchev–Trinajstić information content (AvgIpc) is 2.13. The molecule has 0 bridgehead atoms. The lowest BCUT2D eigenvalue weighted by Gasteiger charge is -2.24. The first kappa shape index (κ1) is 12.3. The third-order valence-corrected chi connectivity index (χ3v) is 2.03. The fourth-order valence-corrected chi connectivity index (χ4v) is 0.660. The average molecular weight is 190 g/mol. The van der Waals surface area contributed by atoms with Crippen LogP contribution in [0.4, 0.5) is 0 Å². The molecular weight excluding hydrogens is 172 g/mol. The lowest BCUT2D eigenvalue weighted by molar-refractivity contribution is -0.127. The van der Waals surface area contributed by atoms with E-state index in [2.05, 4.69) is 5.32 Å². The van der Waals surface area contributed by atoms with E-state index in [9.17, 15) is 4.79 Å². The second kappa shape index (κ2) is 5.16. The number of hydrogen-bond donors (Lipinski definition) is 4. The second-order valence-corrected chi connectivity index (χ2v) is 3.31. The smallest absolute Gasteiger partial charge is 0.240 e. The Kier molecular flexibility index (Phi) is 4.90. The molecular formula is C8H18N2O3. The summed E-state index contributed by atoms with van der Waals surface area (Å²) in [4.78, 5) is 11.4. The van der Waals surface area contributed by atoms with Crippen molar-refractivity contribution in [2.75, 3.05) is 13.2 Å². The van der Waals surface area contributed by atoms with Gasteiger partial charge in [0.15, 0.2) is 0 Å². The van der Waals surface area contributed by atoms with Gasteiger partial charge in [0.1, 0.15) is 0 Å². The molecule has 0 fully saturated rings. The topological polar surface area (TPSA) is 95.6 Å². The molecule has 0 aromatic carbocycles. The van der Waals surface area contributed by atoms with E-state index in [1.54, 1.807) is 13.8 Å². The van der Waals surface area contributed by atoms with Gasteiger partial charge >= 0.3 is 0 Å². The van der Waals surface area contributed by atoms with E-state index < -0.39 is 11.6 Å². The van der Waals surface area contributed by atoms with Gasteiger partial charge in [-0.05, 0) is 13.3 Å². The summed E-state index contributed by atoms with van der Waals surface area (Å²) in [5.41, 5.74) is 4.70. The van der Waals surface area contributed by atoms with E-state index in [-0.39, 0.29) is 19.1 Å². The molecule has 13 heavy (non-hydrogen) atoms. The normalized spacial score (nSPS) is 15.5. The van der Waals surface area contributed by atoms with E-state index in [4.69, 9.17) is 15.9 Å². The Labute approximate surface area is 77.9 Å². The number of carbonyl (C=O) groups is 1. The highest BCUT2D eigenvalue weighted by Gasteiger charge is 2.27. The third kappa shape index (κ3) is 3.71. The molecule has 0 aromatic heterocycles. The highest BCUT2D eigenvalue weighted by atomic mass is 16.3. The maximum Gasteiger partial charge on any atom is 0.240 e. The molecule has 0 saturated heterocycles. The van der Waals surface area contributed by atoms with Gasteiger partial charge in [0.2, 0.25) is 5.91 Å². The Morgan fingerprint density at radius 3 is 2.31 bits per heavy atom. The van der Waals surface area contributed by atoms with Crippen LogP contribution in [0.1, 0.15) is 20.3 Å². The zero-order chi connectivity index (χ0) is 10.5. The van der Waals surface area contributed by atoms with Crippen molar-refractivity contribution in [3.8, 4) is 0 Å². The van der Waals surface area contributed by atoms with Gasteiger partial charge in [0, 0.05) is 0 Å². The SMILES string of the molecule is CCC(C)(N)C(=O)NC(CO)CO. The maximum absolute atomic E-state index is 11.4. The number of amides is 1. The molecule has 0 aliphatic heterocycles. The first-order chi connectivity index (χ1) is 5.97. The van der Waals surface area contributed by atoms with Gasteiger partial charge in [-0.2, -0.15) is 0 Å². The van der Waals surface area contributed by atoms with Gasteiger partial charge in [-0.15, -0.1) is 0 Å². The van der Waals surface area contributed by atoms with Crippen molar-refractivity contribution in [1.82, 2.24) is 5.32 Å². The van der Waals surface area contributed by atoms with Crippen LogP contribution in [0.15, 0.2) is 0 Å². The van der Waals surface area contributed by atoms with Crippen molar-refractivity contribution >= 4 is 5.91 Å². The molecule has 0 radical (unpaired) electrons. The molecule has 1 amide bonds. The molecule has 0 aromatic rings. The summed E-state index contributed by atoms with van der Waals surface area (Å²) in [6, 6.07) is -0.623. The van der Waals surface area contributed by atoms with Crippen LogP contribution in [0.2, 0.25) is 0 Å². The van der Waals surface area contributed by atoms with Crippen LogP contribution in [0.3, 0.4) is 0 Å². The molecule has 0 aliphatic rings. The number of nitrogens with two attached hydrogens (primary N) is 1. The fourth-order valence-electron chi connectivity index (χ4n) is 0.660. The summed E-state index contributed by atoms with van der Waals surface area (Å²) in [6.07, 6.45) is 0.502. The maximum atomic E-state index is 11.4. The van der Waals surface area contributed by atoms with Crippen LogP contribution in [0, 0.1) is 0 Å². The molecule has 78 valence electrons. The van der Waals surface area contributed by atoms with Crippen LogP contribution < -0.4 is 11.1 Å². The predicted molar refractivity (Wildman–Crippen MR) is 49.0 cm³/mol. The number of nitrogens with one attached hydrogen (secondary N) is 1. The van der Waals surface area contributed by atoms with E-state index in [1.807, 2.05) is 0 Å². The minimum absolute atomic E-state index is 0.290. The molecule has 0 saturated carbocycles. The molecule has 1 unspecified atom stereocenters. The highest BCUT2D eigenvalue weighted by molar-refractivity contribution is 5.85. The van der Waals surface area contributed by atoms with E-state index >= 15 is 0 Å². The standard InChI is InChI=1S/C8H18N2O3/c1-3-8(2,9)7(13)10-6(4-11)5-12/h6,11-12H,3-5,9H2,1-2H3,(H,10,13). The van der Waals surface area contributed by atoms with Gasteiger partial charge in [-0.1, -0.05) is 6.92 Å². The van der Waals surface area contributed by atoms with Crippen molar-refractivity contribution in [3.05, 3.63) is 0 Å². The number of carbonyl (C=O) groups excluding carboxylic acids is 1. The lowest BCUT2D eigenvalue weighted by atomic mass is 9.99. The molecule has 0 heterocycles. The highest BCUT2D eigenvalue weighted by Crippen LogP contribution is 2.04. The summed E-state index contributed by atoms with van der Waals surface area (Å²) >= 11 is 0. The van der Waals surface area contributed by atoms with Crippen LogP contribution in [-0.4, -0.2) is 40.9 Å². The van der Waals surface area contributed by atoms with Gasteiger partial charge in [-0.25, -0.2) is 0 Å². The molecule has 0 spiro atoms. The lowest BCUT2D eigenvalue weighted by Crippen LogP contribution is -2.55. The Balaban J connectivity index is 4.13. The van der Waals surface area contributed by atoms with Crippen LogP contribution in [-0.2, 0) is 4.79 Å². The molecule has 5 heteroatoms. The minimum Gasteiger partial charge on any atom is -0.394 e. The van der Waals surface area contributed by atoms with Crippen LogP contribution >= 0.6 is 0 Å². The van der Waals surface area contributed by atoms with Crippen molar-refractivity contribution in [3.63, 3.8) is 0 Å².